The van der Waals surface area contributed by atoms with E-state index in [-0.39, 0.29) is 11.3 Å². The number of hydrogen-bond acceptors (Lipinski definition) is 4. The molecule has 0 heterocycles. The molecule has 0 aliphatic carbocycles. The summed E-state index contributed by atoms with van der Waals surface area (Å²) >= 11 is 0. The standard InChI is InChI=1S/C10H12O2.C4H9O2P.C2H6/c1-10(2,12)9(11)8-6-4-3-5-7-8;1-4(5)7(2,3)6;1-2/h3-7,12H,1-2H3;1-3H3;1-2H3. The molecule has 0 spiro atoms. The van der Waals surface area contributed by atoms with E-state index in [4.69, 9.17) is 0 Å². The first kappa shape index (κ1) is 22.0. The third kappa shape index (κ3) is 10.2. The zero-order valence-electron chi connectivity index (χ0n) is 14.0. The molecule has 0 atom stereocenters. The quantitative estimate of drug-likeness (QED) is 0.680. The molecular formula is C16H27O4P. The molecule has 0 saturated carbocycles. The number of aliphatic hydroxyl groups is 1. The number of benzene rings is 1. The lowest BCUT2D eigenvalue weighted by molar-refractivity contribution is -0.110. The average Bonchev–Trinajstić information content (AvgIpc) is 2.40. The highest BCUT2D eigenvalue weighted by Gasteiger charge is 2.24. The van der Waals surface area contributed by atoms with Crippen LogP contribution in [0.4, 0.5) is 0 Å². The molecule has 21 heavy (non-hydrogen) atoms. The van der Waals surface area contributed by atoms with Crippen LogP contribution in [0, 0.1) is 0 Å². The van der Waals surface area contributed by atoms with Gasteiger partial charge >= 0.3 is 0 Å². The molecule has 0 unspecified atom stereocenters. The third-order valence-corrected chi connectivity index (χ3v) is 3.87. The first-order valence-corrected chi connectivity index (χ1v) is 9.44. The summed E-state index contributed by atoms with van der Waals surface area (Å²) < 4.78 is 10.6. The normalized spacial score (nSPS) is 10.5. The SMILES string of the molecule is CC.CC(=O)P(C)(C)=O.CC(C)(O)C(=O)c1ccccc1. The molecule has 0 aliphatic heterocycles. The van der Waals surface area contributed by atoms with Crippen LogP contribution < -0.4 is 0 Å². The van der Waals surface area contributed by atoms with Gasteiger partial charge in [0.05, 0.1) is 0 Å². The van der Waals surface area contributed by atoms with Crippen molar-refractivity contribution >= 4 is 18.4 Å². The highest BCUT2D eigenvalue weighted by atomic mass is 31.2. The van der Waals surface area contributed by atoms with Gasteiger partial charge in [0.25, 0.3) is 0 Å². The summed E-state index contributed by atoms with van der Waals surface area (Å²) in [5.74, 6) is -0.247. The summed E-state index contributed by atoms with van der Waals surface area (Å²) in [5, 5.41) is 9.39. The maximum Gasteiger partial charge on any atom is 0.193 e. The Hall–Kier alpha value is -1.25. The molecule has 0 aromatic heterocycles. The number of rotatable bonds is 3. The third-order valence-electron chi connectivity index (χ3n) is 2.35. The van der Waals surface area contributed by atoms with Crippen molar-refractivity contribution in [1.29, 1.82) is 0 Å². The zero-order valence-corrected chi connectivity index (χ0v) is 14.9. The van der Waals surface area contributed by atoms with Crippen LogP contribution in [0.1, 0.15) is 45.0 Å². The van der Waals surface area contributed by atoms with Gasteiger partial charge in [0.2, 0.25) is 0 Å². The van der Waals surface area contributed by atoms with Gasteiger partial charge < -0.3 is 9.67 Å². The molecule has 0 amide bonds. The number of hydrogen-bond donors (Lipinski definition) is 1. The topological polar surface area (TPSA) is 71.4 Å². The fraction of sp³-hybridized carbons (Fsp3) is 0.500. The van der Waals surface area contributed by atoms with E-state index in [1.807, 2.05) is 19.9 Å². The van der Waals surface area contributed by atoms with Crippen molar-refractivity contribution in [2.75, 3.05) is 13.3 Å². The second-order valence-corrected chi connectivity index (χ2v) is 8.46. The van der Waals surface area contributed by atoms with E-state index in [1.54, 1.807) is 24.3 Å². The molecule has 1 N–H and O–H groups in total. The Morgan fingerprint density at radius 2 is 1.38 bits per heavy atom. The minimum absolute atomic E-state index is 0.201. The van der Waals surface area contributed by atoms with Gasteiger partial charge in [-0.3, -0.25) is 9.59 Å². The van der Waals surface area contributed by atoms with Crippen LogP contribution in [-0.2, 0) is 9.36 Å². The Bertz CT molecular complexity index is 481. The smallest absolute Gasteiger partial charge is 0.193 e. The van der Waals surface area contributed by atoms with Crippen LogP contribution in [0.5, 0.6) is 0 Å². The van der Waals surface area contributed by atoms with Crippen LogP contribution in [0.25, 0.3) is 0 Å². The van der Waals surface area contributed by atoms with E-state index in [0.29, 0.717) is 5.56 Å². The number of Topliss-reactive ketones (excluding diaryl/α,β-unsaturated/α-hetero) is 1. The van der Waals surface area contributed by atoms with E-state index in [9.17, 15) is 19.3 Å². The van der Waals surface area contributed by atoms with Crippen molar-refractivity contribution in [2.45, 2.75) is 40.2 Å². The number of carbonyl (C=O) groups is 2. The van der Waals surface area contributed by atoms with Gasteiger partial charge in [-0.25, -0.2) is 0 Å². The molecule has 0 aliphatic rings. The zero-order chi connectivity index (χ0) is 17.3. The minimum Gasteiger partial charge on any atom is -0.382 e. The Morgan fingerprint density at radius 3 is 1.62 bits per heavy atom. The Balaban J connectivity index is 0. The second-order valence-electron chi connectivity index (χ2n) is 5.12. The maximum absolute atomic E-state index is 11.4. The van der Waals surface area contributed by atoms with Gasteiger partial charge in [-0.15, -0.1) is 0 Å². The monoisotopic (exact) mass is 314 g/mol. The predicted octanol–water partition coefficient (Wildman–Crippen LogP) is 3.82. The Kier molecular flexibility index (Phi) is 10.1. The van der Waals surface area contributed by atoms with Crippen molar-refractivity contribution in [3.05, 3.63) is 35.9 Å². The van der Waals surface area contributed by atoms with Gasteiger partial charge in [-0.1, -0.05) is 44.2 Å². The first-order chi connectivity index (χ1) is 9.46. The molecule has 0 fully saturated rings. The lowest BCUT2D eigenvalue weighted by atomic mass is 9.97. The summed E-state index contributed by atoms with van der Waals surface area (Å²) in [7, 11) is -2.38. The summed E-state index contributed by atoms with van der Waals surface area (Å²) in [6, 6.07) is 8.78. The molecule has 4 nitrogen and oxygen atoms in total. The van der Waals surface area contributed by atoms with Gasteiger partial charge in [0.15, 0.2) is 11.3 Å². The molecule has 1 aromatic carbocycles. The van der Waals surface area contributed by atoms with Crippen molar-refractivity contribution in [1.82, 2.24) is 0 Å². The summed E-state index contributed by atoms with van der Waals surface area (Å²) in [6.45, 7) is 11.3. The molecule has 0 radical (unpaired) electrons. The molecule has 1 aromatic rings. The van der Waals surface area contributed by atoms with Gasteiger partial charge in [-0.2, -0.15) is 0 Å². The van der Waals surface area contributed by atoms with Gasteiger partial charge in [0.1, 0.15) is 12.7 Å². The highest BCUT2D eigenvalue weighted by molar-refractivity contribution is 7.78. The maximum atomic E-state index is 11.4. The number of ketones is 1. The van der Waals surface area contributed by atoms with Crippen molar-refractivity contribution in [3.63, 3.8) is 0 Å². The van der Waals surface area contributed by atoms with E-state index in [1.165, 1.54) is 34.1 Å². The Morgan fingerprint density at radius 1 is 1.05 bits per heavy atom. The van der Waals surface area contributed by atoms with Crippen molar-refractivity contribution in [3.8, 4) is 0 Å². The molecular weight excluding hydrogens is 287 g/mol. The summed E-state index contributed by atoms with van der Waals surface area (Å²) in [4.78, 5) is 21.6. The molecule has 5 heteroatoms. The largest absolute Gasteiger partial charge is 0.382 e. The molecule has 0 saturated heterocycles. The van der Waals surface area contributed by atoms with Crippen LogP contribution in [0.2, 0.25) is 0 Å². The lowest BCUT2D eigenvalue weighted by Gasteiger charge is -2.14. The Labute approximate surface area is 127 Å². The highest BCUT2D eigenvalue weighted by Crippen LogP contribution is 2.35. The van der Waals surface area contributed by atoms with E-state index in [2.05, 4.69) is 0 Å². The van der Waals surface area contributed by atoms with Gasteiger partial charge in [0, 0.05) is 12.5 Å². The second kappa shape index (κ2) is 9.64. The lowest BCUT2D eigenvalue weighted by Crippen LogP contribution is -2.30. The van der Waals surface area contributed by atoms with Crippen LogP contribution >= 0.6 is 7.14 Å². The molecule has 1 rings (SSSR count). The molecule has 120 valence electrons. The average molecular weight is 314 g/mol. The minimum atomic E-state index is -2.38. The van der Waals surface area contributed by atoms with Crippen LogP contribution in [0.3, 0.4) is 0 Å². The fourth-order valence-corrected chi connectivity index (χ4v) is 0.943. The first-order valence-electron chi connectivity index (χ1n) is 6.84. The summed E-state index contributed by atoms with van der Waals surface area (Å²) in [5.41, 5.74) is -0.932. The number of carbonyl (C=O) groups excluding carboxylic acids is 2. The van der Waals surface area contributed by atoms with Crippen molar-refractivity contribution in [2.24, 2.45) is 0 Å². The van der Waals surface area contributed by atoms with Crippen LogP contribution in [0.15, 0.2) is 30.3 Å². The predicted molar refractivity (Wildman–Crippen MR) is 88.6 cm³/mol. The fourth-order valence-electron chi connectivity index (χ4n) is 0.943. The van der Waals surface area contributed by atoms with E-state index in [0.717, 1.165) is 0 Å². The summed E-state index contributed by atoms with van der Waals surface area (Å²) in [6.07, 6.45) is 0. The van der Waals surface area contributed by atoms with E-state index < -0.39 is 12.7 Å². The van der Waals surface area contributed by atoms with Crippen LogP contribution in [-0.4, -0.2) is 35.3 Å². The van der Waals surface area contributed by atoms with E-state index >= 15 is 0 Å². The van der Waals surface area contributed by atoms with Crippen molar-refractivity contribution < 1.29 is 19.3 Å². The molecule has 0 bridgehead atoms. The van der Waals surface area contributed by atoms with Gasteiger partial charge in [-0.05, 0) is 27.2 Å².